The van der Waals surface area contributed by atoms with Gasteiger partial charge < -0.3 is 15.3 Å². The van der Waals surface area contributed by atoms with Gasteiger partial charge in [-0.3, -0.25) is 0 Å². The minimum absolute atomic E-state index is 0.0765. The summed E-state index contributed by atoms with van der Waals surface area (Å²) in [6.45, 7) is 11.0. The predicted molar refractivity (Wildman–Crippen MR) is 87.6 cm³/mol. The van der Waals surface area contributed by atoms with Crippen molar-refractivity contribution in [1.29, 1.82) is 0 Å². The largest absolute Gasteiger partial charge is 0.395 e. The van der Waals surface area contributed by atoms with Crippen molar-refractivity contribution in [3.05, 3.63) is 28.8 Å². The van der Waals surface area contributed by atoms with E-state index in [4.69, 9.17) is 16.7 Å². The van der Waals surface area contributed by atoms with E-state index in [0.717, 1.165) is 35.8 Å². The Morgan fingerprint density at radius 3 is 2.45 bits per heavy atom. The lowest BCUT2D eigenvalue weighted by molar-refractivity contribution is 0.302. The Morgan fingerprint density at radius 1 is 1.25 bits per heavy atom. The van der Waals surface area contributed by atoms with E-state index in [1.165, 1.54) is 0 Å². The molecule has 0 aliphatic carbocycles. The molecular formula is C16H27ClN2O. The van der Waals surface area contributed by atoms with E-state index in [2.05, 4.69) is 50.0 Å². The molecule has 0 aliphatic heterocycles. The fourth-order valence-electron chi connectivity index (χ4n) is 2.00. The molecule has 2 N–H and O–H groups in total. The standard InChI is InChI=1S/C16H27ClN2O/c1-5-8-19(9-10-20)14-7-6-13(15(17)11-14)12-18-16(2,3)4/h6-7,11,18,20H,5,8-10,12H2,1-4H3. The van der Waals surface area contributed by atoms with E-state index in [9.17, 15) is 0 Å². The topological polar surface area (TPSA) is 35.5 Å². The Balaban J connectivity index is 2.80. The summed E-state index contributed by atoms with van der Waals surface area (Å²) in [7, 11) is 0. The summed E-state index contributed by atoms with van der Waals surface area (Å²) in [6.07, 6.45) is 1.05. The highest BCUT2D eigenvalue weighted by atomic mass is 35.5. The van der Waals surface area contributed by atoms with Crippen molar-refractivity contribution in [2.45, 2.75) is 46.2 Å². The van der Waals surface area contributed by atoms with Gasteiger partial charge in [0.05, 0.1) is 6.61 Å². The van der Waals surface area contributed by atoms with Crippen LogP contribution in [0.15, 0.2) is 18.2 Å². The number of rotatable bonds is 7. The Kier molecular flexibility index (Phi) is 6.80. The predicted octanol–water partition coefficient (Wildman–Crippen LogP) is 3.44. The number of aliphatic hydroxyl groups is 1. The molecule has 0 spiro atoms. The fourth-order valence-corrected chi connectivity index (χ4v) is 2.24. The second kappa shape index (κ2) is 7.87. The van der Waals surface area contributed by atoms with Gasteiger partial charge in [-0.2, -0.15) is 0 Å². The van der Waals surface area contributed by atoms with Crippen molar-refractivity contribution in [2.75, 3.05) is 24.6 Å². The number of nitrogens with zero attached hydrogens (tertiary/aromatic N) is 1. The van der Waals surface area contributed by atoms with Crippen LogP contribution in [0.1, 0.15) is 39.7 Å². The zero-order valence-corrected chi connectivity index (χ0v) is 13.8. The number of halogens is 1. The molecule has 114 valence electrons. The fraction of sp³-hybridized carbons (Fsp3) is 0.625. The van der Waals surface area contributed by atoms with E-state index in [-0.39, 0.29) is 12.1 Å². The molecule has 0 aliphatic rings. The lowest BCUT2D eigenvalue weighted by Gasteiger charge is -2.25. The Morgan fingerprint density at radius 2 is 1.95 bits per heavy atom. The molecule has 0 saturated carbocycles. The minimum Gasteiger partial charge on any atom is -0.395 e. The summed E-state index contributed by atoms with van der Waals surface area (Å²) < 4.78 is 0. The van der Waals surface area contributed by atoms with Crippen LogP contribution in [0, 0.1) is 0 Å². The highest BCUT2D eigenvalue weighted by Gasteiger charge is 2.11. The Hall–Kier alpha value is -0.770. The van der Waals surface area contributed by atoms with Crippen LogP contribution in [0.2, 0.25) is 5.02 Å². The maximum Gasteiger partial charge on any atom is 0.0606 e. The summed E-state index contributed by atoms with van der Waals surface area (Å²) in [5, 5.41) is 13.4. The number of anilines is 1. The molecule has 0 fully saturated rings. The molecule has 4 heteroatoms. The van der Waals surface area contributed by atoms with Crippen LogP contribution >= 0.6 is 11.6 Å². The zero-order chi connectivity index (χ0) is 15.2. The average molecular weight is 299 g/mol. The molecule has 0 radical (unpaired) electrons. The molecule has 0 heterocycles. The summed E-state index contributed by atoms with van der Waals surface area (Å²) in [5.41, 5.74) is 2.25. The maximum atomic E-state index is 9.14. The highest BCUT2D eigenvalue weighted by Crippen LogP contribution is 2.24. The second-order valence-electron chi connectivity index (χ2n) is 6.09. The summed E-state index contributed by atoms with van der Waals surface area (Å²) in [4.78, 5) is 2.16. The molecule has 0 saturated heterocycles. The van der Waals surface area contributed by atoms with Crippen LogP contribution in [0.5, 0.6) is 0 Å². The average Bonchev–Trinajstić information content (AvgIpc) is 2.36. The van der Waals surface area contributed by atoms with Crippen molar-refractivity contribution in [2.24, 2.45) is 0 Å². The summed E-state index contributed by atoms with van der Waals surface area (Å²) in [6, 6.07) is 6.14. The molecular weight excluding hydrogens is 272 g/mol. The van der Waals surface area contributed by atoms with E-state index in [0.29, 0.717) is 6.54 Å². The zero-order valence-electron chi connectivity index (χ0n) is 13.0. The molecule has 1 rings (SSSR count). The Labute approximate surface area is 127 Å². The third kappa shape index (κ3) is 5.70. The smallest absolute Gasteiger partial charge is 0.0606 e. The molecule has 0 aromatic heterocycles. The lowest BCUT2D eigenvalue weighted by Crippen LogP contribution is -2.35. The van der Waals surface area contributed by atoms with E-state index in [1.807, 2.05) is 6.07 Å². The van der Waals surface area contributed by atoms with Crippen molar-refractivity contribution in [1.82, 2.24) is 5.32 Å². The monoisotopic (exact) mass is 298 g/mol. The number of nitrogens with one attached hydrogen (secondary N) is 1. The van der Waals surface area contributed by atoms with Gasteiger partial charge in [0.25, 0.3) is 0 Å². The maximum absolute atomic E-state index is 9.14. The summed E-state index contributed by atoms with van der Waals surface area (Å²) >= 11 is 6.37. The van der Waals surface area contributed by atoms with Crippen LogP contribution in [0.4, 0.5) is 5.69 Å². The van der Waals surface area contributed by atoms with E-state index in [1.54, 1.807) is 0 Å². The minimum atomic E-state index is 0.0765. The molecule has 20 heavy (non-hydrogen) atoms. The first-order chi connectivity index (χ1) is 9.37. The van der Waals surface area contributed by atoms with Crippen LogP contribution in [-0.4, -0.2) is 30.3 Å². The molecule has 0 unspecified atom stereocenters. The third-order valence-corrected chi connectivity index (χ3v) is 3.43. The van der Waals surface area contributed by atoms with Gasteiger partial charge in [0, 0.05) is 35.9 Å². The van der Waals surface area contributed by atoms with Gasteiger partial charge in [-0.1, -0.05) is 24.6 Å². The van der Waals surface area contributed by atoms with Gasteiger partial charge in [-0.25, -0.2) is 0 Å². The van der Waals surface area contributed by atoms with Crippen LogP contribution in [-0.2, 0) is 6.54 Å². The van der Waals surface area contributed by atoms with E-state index >= 15 is 0 Å². The van der Waals surface area contributed by atoms with Gasteiger partial charge in [-0.05, 0) is 44.9 Å². The molecule has 3 nitrogen and oxygen atoms in total. The highest BCUT2D eigenvalue weighted by molar-refractivity contribution is 6.31. The van der Waals surface area contributed by atoms with Crippen molar-refractivity contribution in [3.63, 3.8) is 0 Å². The third-order valence-electron chi connectivity index (χ3n) is 3.07. The van der Waals surface area contributed by atoms with Gasteiger partial charge in [0.2, 0.25) is 0 Å². The number of benzene rings is 1. The molecule has 1 aromatic rings. The quantitative estimate of drug-likeness (QED) is 0.809. The van der Waals surface area contributed by atoms with Crippen LogP contribution < -0.4 is 10.2 Å². The number of aliphatic hydroxyl groups excluding tert-OH is 1. The first-order valence-corrected chi connectivity index (χ1v) is 7.64. The molecule has 1 aromatic carbocycles. The normalized spacial score (nSPS) is 11.7. The number of hydrogen-bond donors (Lipinski definition) is 2. The summed E-state index contributed by atoms with van der Waals surface area (Å²) in [5.74, 6) is 0. The first kappa shape index (κ1) is 17.3. The van der Waals surface area contributed by atoms with Gasteiger partial charge in [0.1, 0.15) is 0 Å². The molecule has 0 atom stereocenters. The molecule has 0 amide bonds. The number of hydrogen-bond acceptors (Lipinski definition) is 3. The van der Waals surface area contributed by atoms with E-state index < -0.39 is 0 Å². The van der Waals surface area contributed by atoms with Crippen LogP contribution in [0.25, 0.3) is 0 Å². The second-order valence-corrected chi connectivity index (χ2v) is 6.50. The van der Waals surface area contributed by atoms with Crippen LogP contribution in [0.3, 0.4) is 0 Å². The van der Waals surface area contributed by atoms with Crippen molar-refractivity contribution >= 4 is 17.3 Å². The van der Waals surface area contributed by atoms with Crippen molar-refractivity contribution in [3.8, 4) is 0 Å². The van der Waals surface area contributed by atoms with Gasteiger partial charge in [0.15, 0.2) is 0 Å². The lowest BCUT2D eigenvalue weighted by atomic mass is 10.1. The van der Waals surface area contributed by atoms with Gasteiger partial charge >= 0.3 is 0 Å². The Bertz CT molecular complexity index is 409. The SMILES string of the molecule is CCCN(CCO)c1ccc(CNC(C)(C)C)c(Cl)c1. The molecule has 0 bridgehead atoms. The first-order valence-electron chi connectivity index (χ1n) is 7.26. The van der Waals surface area contributed by atoms with Gasteiger partial charge in [-0.15, -0.1) is 0 Å². The van der Waals surface area contributed by atoms with Crippen molar-refractivity contribution < 1.29 is 5.11 Å².